The summed E-state index contributed by atoms with van der Waals surface area (Å²) in [4.78, 5) is 12.5. The molecule has 176 valence electrons. The van der Waals surface area contributed by atoms with Crippen LogP contribution in [-0.2, 0) is 13.2 Å². The van der Waals surface area contributed by atoms with Gasteiger partial charge in [-0.3, -0.25) is 9.48 Å². The Balaban J connectivity index is 1.38. The minimum Gasteiger partial charge on any atom is -0.486 e. The summed E-state index contributed by atoms with van der Waals surface area (Å²) in [6.45, 7) is 3.54. The van der Waals surface area contributed by atoms with Gasteiger partial charge in [-0.15, -0.1) is 0 Å². The van der Waals surface area contributed by atoms with Crippen molar-refractivity contribution < 1.29 is 31.5 Å². The van der Waals surface area contributed by atoms with E-state index in [9.17, 15) is 22.4 Å². The first kappa shape index (κ1) is 23.1. The number of aromatic nitrogens is 2. The lowest BCUT2D eigenvalue weighted by Crippen LogP contribution is -2.11. The third kappa shape index (κ3) is 5.11. The molecule has 2 aromatic heterocycles. The zero-order chi connectivity index (χ0) is 24.4. The SMILES string of the molecule is Cc1cc(C)cc(OCc2ccc(C(=O)Nc3cnn(Cc4c(F)cc(F)c(F)c4F)c3)o2)c1. The summed E-state index contributed by atoms with van der Waals surface area (Å²) >= 11 is 0. The fourth-order valence-corrected chi connectivity index (χ4v) is 3.37. The van der Waals surface area contributed by atoms with Crippen LogP contribution in [0, 0.1) is 37.1 Å². The second kappa shape index (κ2) is 9.42. The van der Waals surface area contributed by atoms with Crippen LogP contribution in [0.25, 0.3) is 0 Å². The molecule has 0 spiro atoms. The molecule has 0 saturated carbocycles. The summed E-state index contributed by atoms with van der Waals surface area (Å²) in [6, 6.07) is 9.15. The van der Waals surface area contributed by atoms with Crippen LogP contribution in [0.2, 0.25) is 0 Å². The smallest absolute Gasteiger partial charge is 0.291 e. The molecule has 0 aliphatic heterocycles. The monoisotopic (exact) mass is 473 g/mol. The summed E-state index contributed by atoms with van der Waals surface area (Å²) in [5.41, 5.74) is 1.63. The highest BCUT2D eigenvalue weighted by Gasteiger charge is 2.20. The first-order valence-corrected chi connectivity index (χ1v) is 10.1. The zero-order valence-electron chi connectivity index (χ0n) is 18.2. The predicted octanol–water partition coefficient (Wildman–Crippen LogP) is 5.53. The molecular weight excluding hydrogens is 454 g/mol. The number of ether oxygens (including phenoxy) is 1. The lowest BCUT2D eigenvalue weighted by molar-refractivity contribution is 0.0992. The first-order valence-electron chi connectivity index (χ1n) is 10.1. The lowest BCUT2D eigenvalue weighted by atomic mass is 10.1. The van der Waals surface area contributed by atoms with Crippen LogP contribution in [0.1, 0.15) is 33.0 Å². The number of furan rings is 1. The van der Waals surface area contributed by atoms with Crippen molar-refractivity contribution in [1.29, 1.82) is 0 Å². The number of amides is 1. The van der Waals surface area contributed by atoms with Gasteiger partial charge in [-0.1, -0.05) is 6.07 Å². The van der Waals surface area contributed by atoms with Crippen LogP contribution in [0.15, 0.2) is 53.2 Å². The Hall–Kier alpha value is -4.08. The molecule has 6 nitrogen and oxygen atoms in total. The number of anilines is 1. The average Bonchev–Trinajstić information content (AvgIpc) is 3.43. The van der Waals surface area contributed by atoms with Crippen molar-refractivity contribution >= 4 is 11.6 Å². The maximum absolute atomic E-state index is 13.9. The third-order valence-corrected chi connectivity index (χ3v) is 4.88. The number of rotatable bonds is 7. The molecule has 34 heavy (non-hydrogen) atoms. The quantitative estimate of drug-likeness (QED) is 0.218. The molecule has 0 radical (unpaired) electrons. The Morgan fingerprint density at radius 1 is 1.03 bits per heavy atom. The maximum atomic E-state index is 13.9. The van der Waals surface area contributed by atoms with Gasteiger partial charge >= 0.3 is 0 Å². The Kier molecular flexibility index (Phi) is 6.40. The fraction of sp³-hybridized carbons (Fsp3) is 0.167. The van der Waals surface area contributed by atoms with Crippen LogP contribution in [0.5, 0.6) is 5.75 Å². The van der Waals surface area contributed by atoms with E-state index in [1.807, 2.05) is 32.0 Å². The molecule has 0 aliphatic rings. The number of hydrogen-bond acceptors (Lipinski definition) is 4. The molecule has 0 unspecified atom stereocenters. The number of carbonyl (C=O) groups excluding carboxylic acids is 1. The Morgan fingerprint density at radius 3 is 2.50 bits per heavy atom. The van der Waals surface area contributed by atoms with Gasteiger partial charge in [-0.05, 0) is 49.2 Å². The predicted molar refractivity (Wildman–Crippen MR) is 115 cm³/mol. The van der Waals surface area contributed by atoms with Crippen molar-refractivity contribution in [2.75, 3.05) is 5.32 Å². The number of halogens is 4. The Morgan fingerprint density at radius 2 is 1.76 bits per heavy atom. The fourth-order valence-electron chi connectivity index (χ4n) is 3.37. The number of nitrogens with zero attached hydrogens (tertiary/aromatic N) is 2. The minimum absolute atomic E-state index is 0.0180. The van der Waals surface area contributed by atoms with Crippen molar-refractivity contribution in [2.45, 2.75) is 27.0 Å². The number of nitrogens with one attached hydrogen (secondary N) is 1. The molecule has 1 amide bonds. The highest BCUT2D eigenvalue weighted by atomic mass is 19.2. The van der Waals surface area contributed by atoms with Gasteiger partial charge in [-0.25, -0.2) is 17.6 Å². The van der Waals surface area contributed by atoms with Gasteiger partial charge in [0.2, 0.25) is 0 Å². The third-order valence-electron chi connectivity index (χ3n) is 4.88. The van der Waals surface area contributed by atoms with E-state index in [0.29, 0.717) is 11.5 Å². The number of hydrogen-bond donors (Lipinski definition) is 1. The van der Waals surface area contributed by atoms with E-state index in [-0.39, 0.29) is 24.1 Å². The van der Waals surface area contributed by atoms with E-state index in [2.05, 4.69) is 10.4 Å². The van der Waals surface area contributed by atoms with E-state index in [4.69, 9.17) is 9.15 Å². The van der Waals surface area contributed by atoms with E-state index in [0.717, 1.165) is 15.8 Å². The largest absolute Gasteiger partial charge is 0.486 e. The molecule has 1 N–H and O–H groups in total. The van der Waals surface area contributed by atoms with Crippen LogP contribution < -0.4 is 10.1 Å². The van der Waals surface area contributed by atoms with Crippen molar-refractivity contribution in [2.24, 2.45) is 0 Å². The summed E-state index contributed by atoms with van der Waals surface area (Å²) < 4.78 is 66.5. The van der Waals surface area contributed by atoms with Gasteiger partial charge < -0.3 is 14.5 Å². The number of benzene rings is 2. The molecule has 0 fully saturated rings. The molecule has 0 saturated heterocycles. The molecule has 10 heteroatoms. The average molecular weight is 473 g/mol. The van der Waals surface area contributed by atoms with Gasteiger partial charge in [0.25, 0.3) is 5.91 Å². The van der Waals surface area contributed by atoms with Crippen molar-refractivity contribution in [3.8, 4) is 5.75 Å². The molecule has 0 bridgehead atoms. The van der Waals surface area contributed by atoms with Crippen LogP contribution >= 0.6 is 0 Å². The Bertz CT molecular complexity index is 1340. The lowest BCUT2D eigenvalue weighted by Gasteiger charge is -2.07. The second-order valence-corrected chi connectivity index (χ2v) is 7.71. The molecule has 2 aromatic carbocycles. The van der Waals surface area contributed by atoms with Gasteiger partial charge in [0.05, 0.1) is 18.4 Å². The van der Waals surface area contributed by atoms with Crippen molar-refractivity contribution in [3.63, 3.8) is 0 Å². The summed E-state index contributed by atoms with van der Waals surface area (Å²) in [5, 5.41) is 6.41. The minimum atomic E-state index is -1.77. The number of aryl methyl sites for hydroxylation is 2. The van der Waals surface area contributed by atoms with Gasteiger partial charge in [0.15, 0.2) is 23.2 Å². The molecule has 4 aromatic rings. The molecule has 4 rings (SSSR count). The standard InChI is InChI=1S/C24H19F4N3O3/c1-13-5-14(2)7-17(6-13)33-12-16-3-4-21(34-16)24(32)30-15-9-29-31(10-15)11-18-19(25)8-20(26)23(28)22(18)27/h3-10H,11-12H2,1-2H3,(H,30,32). The summed E-state index contributed by atoms with van der Waals surface area (Å²) in [6.07, 6.45) is 2.52. The zero-order valence-corrected chi connectivity index (χ0v) is 18.2. The normalized spacial score (nSPS) is 11.0. The van der Waals surface area contributed by atoms with E-state index in [1.165, 1.54) is 18.5 Å². The van der Waals surface area contributed by atoms with Crippen LogP contribution in [0.4, 0.5) is 23.2 Å². The maximum Gasteiger partial charge on any atom is 0.291 e. The summed E-state index contributed by atoms with van der Waals surface area (Å²) in [7, 11) is 0. The van der Waals surface area contributed by atoms with E-state index >= 15 is 0 Å². The molecule has 0 aliphatic carbocycles. The molecule has 0 atom stereocenters. The van der Waals surface area contributed by atoms with Crippen molar-refractivity contribution in [3.05, 3.63) is 100 Å². The van der Waals surface area contributed by atoms with Gasteiger partial charge in [0, 0.05) is 17.8 Å². The summed E-state index contributed by atoms with van der Waals surface area (Å²) in [5.74, 6) is -5.72. The van der Waals surface area contributed by atoms with E-state index in [1.54, 1.807) is 6.07 Å². The first-order chi connectivity index (χ1) is 16.2. The van der Waals surface area contributed by atoms with Gasteiger partial charge in [-0.2, -0.15) is 5.10 Å². The van der Waals surface area contributed by atoms with Gasteiger partial charge in [0.1, 0.15) is 23.9 Å². The Labute approximate surface area is 191 Å². The molecular formula is C24H19F4N3O3. The van der Waals surface area contributed by atoms with E-state index < -0.39 is 41.3 Å². The van der Waals surface area contributed by atoms with Crippen molar-refractivity contribution in [1.82, 2.24) is 9.78 Å². The molecule has 2 heterocycles. The number of carbonyl (C=O) groups is 1. The second-order valence-electron chi connectivity index (χ2n) is 7.71. The van der Waals surface area contributed by atoms with Crippen LogP contribution in [-0.4, -0.2) is 15.7 Å². The highest BCUT2D eigenvalue weighted by molar-refractivity contribution is 6.02. The highest BCUT2D eigenvalue weighted by Crippen LogP contribution is 2.21. The topological polar surface area (TPSA) is 69.3 Å². The van der Waals surface area contributed by atoms with Crippen LogP contribution in [0.3, 0.4) is 0 Å².